The normalized spacial score (nSPS) is 16.9. The fraction of sp³-hybridized carbons (Fsp3) is 0.267. The van der Waals surface area contributed by atoms with Gasteiger partial charge in [0.2, 0.25) is 0 Å². The van der Waals surface area contributed by atoms with Crippen molar-refractivity contribution in [3.8, 4) is 0 Å². The quantitative estimate of drug-likeness (QED) is 0.911. The van der Waals surface area contributed by atoms with Crippen molar-refractivity contribution in [3.05, 3.63) is 47.3 Å². The van der Waals surface area contributed by atoms with E-state index in [0.29, 0.717) is 0 Å². The highest BCUT2D eigenvalue weighted by atomic mass is 16.4. The van der Waals surface area contributed by atoms with Crippen LogP contribution in [0.5, 0.6) is 0 Å². The summed E-state index contributed by atoms with van der Waals surface area (Å²) in [4.78, 5) is 25.7. The van der Waals surface area contributed by atoms with Crippen LogP contribution in [-0.4, -0.2) is 32.8 Å². The molecule has 0 saturated heterocycles. The van der Waals surface area contributed by atoms with Gasteiger partial charge in [0, 0.05) is 18.8 Å². The Bertz CT molecular complexity index is 736. The molecule has 1 aromatic heterocycles. The van der Waals surface area contributed by atoms with E-state index in [1.54, 1.807) is 11.9 Å². The van der Waals surface area contributed by atoms with E-state index in [-0.39, 0.29) is 23.2 Å². The number of aromatic carboxylic acids is 1. The monoisotopic (exact) mass is 285 g/mol. The first kappa shape index (κ1) is 13.4. The van der Waals surface area contributed by atoms with Gasteiger partial charge in [0.15, 0.2) is 0 Å². The smallest absolute Gasteiger partial charge is 0.339 e. The standard InChI is InChI=1S/C15H15N3O3/c1-9-7-10-5-3-4-6-12(10)18(9)14(19)13-11(15(20)21)8-16-17(13)2/h3-6,8-9H,7H2,1-2H3,(H,20,21)/t9-/m1/s1. The number of carbonyl (C=O) groups excluding carboxylic acids is 1. The van der Waals surface area contributed by atoms with Gasteiger partial charge in [0.25, 0.3) is 5.91 Å². The summed E-state index contributed by atoms with van der Waals surface area (Å²) in [6, 6.07) is 7.67. The van der Waals surface area contributed by atoms with E-state index in [2.05, 4.69) is 5.10 Å². The minimum atomic E-state index is -1.15. The van der Waals surface area contributed by atoms with E-state index < -0.39 is 5.97 Å². The predicted molar refractivity (Wildman–Crippen MR) is 76.6 cm³/mol. The number of aryl methyl sites for hydroxylation is 1. The Kier molecular flexibility index (Phi) is 3.01. The molecule has 1 aliphatic heterocycles. The van der Waals surface area contributed by atoms with E-state index in [0.717, 1.165) is 17.7 Å². The number of anilines is 1. The molecule has 0 saturated carbocycles. The number of carboxylic acid groups (broad SMARTS) is 1. The zero-order valence-corrected chi connectivity index (χ0v) is 11.8. The molecule has 1 atom stereocenters. The fourth-order valence-corrected chi connectivity index (χ4v) is 2.84. The van der Waals surface area contributed by atoms with Crippen LogP contribution in [0.3, 0.4) is 0 Å². The number of carboxylic acids is 1. The summed E-state index contributed by atoms with van der Waals surface area (Å²) in [5.74, 6) is -1.48. The van der Waals surface area contributed by atoms with Crippen molar-refractivity contribution in [2.45, 2.75) is 19.4 Å². The summed E-state index contributed by atoms with van der Waals surface area (Å²) in [5.41, 5.74) is 1.97. The summed E-state index contributed by atoms with van der Waals surface area (Å²) < 4.78 is 1.32. The van der Waals surface area contributed by atoms with E-state index >= 15 is 0 Å². The molecule has 0 fully saturated rings. The van der Waals surface area contributed by atoms with E-state index in [1.165, 1.54) is 10.9 Å². The zero-order valence-electron chi connectivity index (χ0n) is 11.8. The third kappa shape index (κ3) is 1.99. The van der Waals surface area contributed by atoms with Crippen molar-refractivity contribution < 1.29 is 14.7 Å². The highest BCUT2D eigenvalue weighted by Gasteiger charge is 2.34. The number of rotatable bonds is 2. The lowest BCUT2D eigenvalue weighted by Gasteiger charge is -2.23. The first-order valence-corrected chi connectivity index (χ1v) is 6.67. The highest BCUT2D eigenvalue weighted by Crippen LogP contribution is 2.33. The Labute approximate surface area is 121 Å². The summed E-state index contributed by atoms with van der Waals surface area (Å²) in [6.45, 7) is 1.95. The second kappa shape index (κ2) is 4.73. The Hall–Kier alpha value is -2.63. The van der Waals surface area contributed by atoms with Crippen molar-refractivity contribution in [1.82, 2.24) is 9.78 Å². The van der Waals surface area contributed by atoms with Crippen LogP contribution in [-0.2, 0) is 13.5 Å². The van der Waals surface area contributed by atoms with Gasteiger partial charge in [-0.1, -0.05) is 18.2 Å². The van der Waals surface area contributed by atoms with Crippen LogP contribution in [0.1, 0.15) is 33.3 Å². The minimum absolute atomic E-state index is 0.00792. The molecule has 0 unspecified atom stereocenters. The molecule has 21 heavy (non-hydrogen) atoms. The van der Waals surface area contributed by atoms with Gasteiger partial charge in [-0.15, -0.1) is 0 Å². The Morgan fingerprint density at radius 3 is 2.76 bits per heavy atom. The number of amides is 1. The third-order valence-electron chi connectivity index (χ3n) is 3.80. The van der Waals surface area contributed by atoms with Gasteiger partial charge >= 0.3 is 5.97 Å². The Morgan fingerprint density at radius 1 is 1.33 bits per heavy atom. The van der Waals surface area contributed by atoms with Gasteiger partial charge in [-0.05, 0) is 25.0 Å². The van der Waals surface area contributed by atoms with Crippen molar-refractivity contribution in [2.24, 2.45) is 7.05 Å². The second-order valence-corrected chi connectivity index (χ2v) is 5.19. The zero-order chi connectivity index (χ0) is 15.1. The first-order valence-electron chi connectivity index (χ1n) is 6.67. The molecule has 2 heterocycles. The molecule has 1 aliphatic rings. The van der Waals surface area contributed by atoms with Gasteiger partial charge in [0.05, 0.1) is 6.20 Å². The molecule has 0 radical (unpaired) electrons. The van der Waals surface area contributed by atoms with Gasteiger partial charge in [-0.25, -0.2) is 4.79 Å². The van der Waals surface area contributed by atoms with Crippen LogP contribution < -0.4 is 4.90 Å². The summed E-state index contributed by atoms with van der Waals surface area (Å²) in [7, 11) is 1.58. The largest absolute Gasteiger partial charge is 0.478 e. The third-order valence-corrected chi connectivity index (χ3v) is 3.80. The first-order chi connectivity index (χ1) is 10.0. The number of nitrogens with zero attached hydrogens (tertiary/aromatic N) is 3. The van der Waals surface area contributed by atoms with E-state index in [4.69, 9.17) is 0 Å². The van der Waals surface area contributed by atoms with Crippen LogP contribution in [0.2, 0.25) is 0 Å². The lowest BCUT2D eigenvalue weighted by atomic mass is 10.1. The molecule has 3 rings (SSSR count). The SMILES string of the molecule is C[C@@H]1Cc2ccccc2N1C(=O)c1c(C(=O)O)cnn1C. The molecule has 0 spiro atoms. The van der Waals surface area contributed by atoms with Crippen LogP contribution in [0, 0.1) is 0 Å². The van der Waals surface area contributed by atoms with Crippen LogP contribution in [0.15, 0.2) is 30.5 Å². The van der Waals surface area contributed by atoms with Crippen molar-refractivity contribution in [2.75, 3.05) is 4.90 Å². The molecule has 0 aliphatic carbocycles. The summed E-state index contributed by atoms with van der Waals surface area (Å²) in [5, 5.41) is 13.1. The Balaban J connectivity index is 2.08. The fourth-order valence-electron chi connectivity index (χ4n) is 2.84. The lowest BCUT2D eigenvalue weighted by Crippen LogP contribution is -2.37. The minimum Gasteiger partial charge on any atom is -0.478 e. The molecule has 2 aromatic rings. The molecule has 6 nitrogen and oxygen atoms in total. The maximum absolute atomic E-state index is 12.8. The molecule has 1 amide bonds. The van der Waals surface area contributed by atoms with Gasteiger partial charge in [-0.3, -0.25) is 9.48 Å². The number of hydrogen-bond donors (Lipinski definition) is 1. The maximum atomic E-state index is 12.8. The van der Waals surface area contributed by atoms with E-state index in [1.807, 2.05) is 31.2 Å². The van der Waals surface area contributed by atoms with Crippen LogP contribution >= 0.6 is 0 Å². The number of fused-ring (bicyclic) bond motifs is 1. The van der Waals surface area contributed by atoms with Gasteiger partial charge < -0.3 is 10.0 Å². The topological polar surface area (TPSA) is 75.4 Å². The highest BCUT2D eigenvalue weighted by molar-refractivity contribution is 6.11. The Morgan fingerprint density at radius 2 is 2.05 bits per heavy atom. The molecule has 1 N–H and O–H groups in total. The van der Waals surface area contributed by atoms with Crippen molar-refractivity contribution in [1.29, 1.82) is 0 Å². The maximum Gasteiger partial charge on any atom is 0.339 e. The number of aromatic nitrogens is 2. The second-order valence-electron chi connectivity index (χ2n) is 5.19. The number of para-hydroxylation sites is 1. The van der Waals surface area contributed by atoms with Crippen LogP contribution in [0.4, 0.5) is 5.69 Å². The number of hydrogen-bond acceptors (Lipinski definition) is 3. The molecule has 0 bridgehead atoms. The molecule has 1 aromatic carbocycles. The molecular formula is C15H15N3O3. The molecular weight excluding hydrogens is 270 g/mol. The predicted octanol–water partition coefficient (Wildman–Crippen LogP) is 1.71. The average Bonchev–Trinajstić information content (AvgIpc) is 2.97. The average molecular weight is 285 g/mol. The van der Waals surface area contributed by atoms with Crippen molar-refractivity contribution >= 4 is 17.6 Å². The van der Waals surface area contributed by atoms with Crippen molar-refractivity contribution in [3.63, 3.8) is 0 Å². The molecule has 108 valence electrons. The molecule has 6 heteroatoms. The van der Waals surface area contributed by atoms with Gasteiger partial charge in [-0.2, -0.15) is 5.10 Å². The number of carbonyl (C=O) groups is 2. The summed E-state index contributed by atoms with van der Waals surface area (Å²) in [6.07, 6.45) is 1.98. The van der Waals surface area contributed by atoms with E-state index in [9.17, 15) is 14.7 Å². The van der Waals surface area contributed by atoms with Crippen LogP contribution in [0.25, 0.3) is 0 Å². The number of benzene rings is 1. The van der Waals surface area contributed by atoms with Gasteiger partial charge in [0.1, 0.15) is 11.3 Å². The lowest BCUT2D eigenvalue weighted by molar-refractivity contribution is 0.0691. The summed E-state index contributed by atoms with van der Waals surface area (Å²) >= 11 is 0.